The molecule has 0 radical (unpaired) electrons. The SMILES string of the molecule is Cc1cc2cc(Br)ccc2cc1S(C)(=O)=O. The summed E-state index contributed by atoms with van der Waals surface area (Å²) in [6.07, 6.45) is 1.24. The minimum Gasteiger partial charge on any atom is -0.224 e. The highest BCUT2D eigenvalue weighted by Gasteiger charge is 2.11. The molecule has 0 atom stereocenters. The number of fused-ring (bicyclic) bond motifs is 1. The van der Waals surface area contributed by atoms with Crippen molar-refractivity contribution in [1.82, 2.24) is 0 Å². The number of rotatable bonds is 1. The maximum atomic E-state index is 11.6. The Morgan fingerprint density at radius 3 is 2.38 bits per heavy atom. The quantitative estimate of drug-likeness (QED) is 0.809. The molecule has 0 saturated heterocycles. The molecule has 0 N–H and O–H groups in total. The second-order valence-corrected chi connectivity index (χ2v) is 6.78. The lowest BCUT2D eigenvalue weighted by Gasteiger charge is -2.06. The van der Waals surface area contributed by atoms with Gasteiger partial charge in [0.2, 0.25) is 0 Å². The van der Waals surface area contributed by atoms with Gasteiger partial charge in [0.05, 0.1) is 4.90 Å². The fraction of sp³-hybridized carbons (Fsp3) is 0.167. The van der Waals surface area contributed by atoms with E-state index in [1.165, 1.54) is 6.26 Å². The van der Waals surface area contributed by atoms with Crippen LogP contribution in [0.4, 0.5) is 0 Å². The molecule has 84 valence electrons. The molecule has 2 nitrogen and oxygen atoms in total. The van der Waals surface area contributed by atoms with Gasteiger partial charge in [-0.2, -0.15) is 0 Å². The average Bonchev–Trinajstić information content (AvgIpc) is 2.14. The number of halogens is 1. The van der Waals surface area contributed by atoms with Gasteiger partial charge in [-0.15, -0.1) is 0 Å². The van der Waals surface area contributed by atoms with Gasteiger partial charge in [-0.1, -0.05) is 28.1 Å². The van der Waals surface area contributed by atoms with Crippen molar-refractivity contribution in [2.24, 2.45) is 0 Å². The molecule has 2 rings (SSSR count). The number of sulfone groups is 1. The minimum absolute atomic E-state index is 0.405. The Hall–Kier alpha value is -0.870. The van der Waals surface area contributed by atoms with E-state index in [2.05, 4.69) is 15.9 Å². The van der Waals surface area contributed by atoms with E-state index in [9.17, 15) is 8.42 Å². The monoisotopic (exact) mass is 298 g/mol. The van der Waals surface area contributed by atoms with Gasteiger partial charge < -0.3 is 0 Å². The van der Waals surface area contributed by atoms with Crippen molar-refractivity contribution in [3.05, 3.63) is 40.4 Å². The Balaban J connectivity index is 2.83. The molecule has 0 aliphatic rings. The molecule has 0 aliphatic heterocycles. The van der Waals surface area contributed by atoms with E-state index in [0.29, 0.717) is 4.90 Å². The number of hydrogen-bond acceptors (Lipinski definition) is 2. The third kappa shape index (κ3) is 2.13. The fourth-order valence-electron chi connectivity index (χ4n) is 1.76. The Morgan fingerprint density at radius 1 is 1.06 bits per heavy atom. The highest BCUT2D eigenvalue weighted by Crippen LogP contribution is 2.25. The summed E-state index contributed by atoms with van der Waals surface area (Å²) in [7, 11) is -3.15. The van der Waals surface area contributed by atoms with Crippen LogP contribution in [-0.4, -0.2) is 14.7 Å². The summed E-state index contributed by atoms with van der Waals surface area (Å²) in [6.45, 7) is 1.82. The summed E-state index contributed by atoms with van der Waals surface area (Å²) in [5.74, 6) is 0. The number of aryl methyl sites for hydroxylation is 1. The molecule has 0 unspecified atom stereocenters. The van der Waals surface area contributed by atoms with Crippen molar-refractivity contribution >= 4 is 36.5 Å². The van der Waals surface area contributed by atoms with Gasteiger partial charge in [0.15, 0.2) is 9.84 Å². The Labute approximate surface area is 103 Å². The van der Waals surface area contributed by atoms with Gasteiger partial charge in [-0.25, -0.2) is 8.42 Å². The summed E-state index contributed by atoms with van der Waals surface area (Å²) >= 11 is 3.40. The molecule has 0 spiro atoms. The molecular formula is C12H11BrO2S. The van der Waals surface area contributed by atoms with Crippen LogP contribution in [0.1, 0.15) is 5.56 Å². The highest BCUT2D eigenvalue weighted by molar-refractivity contribution is 9.10. The van der Waals surface area contributed by atoms with E-state index in [1.807, 2.05) is 31.2 Å². The van der Waals surface area contributed by atoms with Crippen LogP contribution in [0, 0.1) is 6.92 Å². The first-order valence-corrected chi connectivity index (χ1v) is 7.46. The lowest BCUT2D eigenvalue weighted by Crippen LogP contribution is -1.99. The zero-order chi connectivity index (χ0) is 11.9. The highest BCUT2D eigenvalue weighted by atomic mass is 79.9. The molecule has 0 amide bonds. The van der Waals surface area contributed by atoms with E-state index in [1.54, 1.807) is 6.07 Å². The average molecular weight is 299 g/mol. The first kappa shape index (κ1) is 11.6. The van der Waals surface area contributed by atoms with Crippen molar-refractivity contribution in [3.63, 3.8) is 0 Å². The van der Waals surface area contributed by atoms with Gasteiger partial charge in [0, 0.05) is 10.7 Å². The van der Waals surface area contributed by atoms with Crippen molar-refractivity contribution in [2.75, 3.05) is 6.26 Å². The van der Waals surface area contributed by atoms with Crippen molar-refractivity contribution in [1.29, 1.82) is 0 Å². The molecular weight excluding hydrogens is 288 g/mol. The van der Waals surface area contributed by atoms with Crippen LogP contribution in [0.2, 0.25) is 0 Å². The van der Waals surface area contributed by atoms with E-state index in [0.717, 1.165) is 20.8 Å². The molecule has 16 heavy (non-hydrogen) atoms. The number of hydrogen-bond donors (Lipinski definition) is 0. The van der Waals surface area contributed by atoms with Crippen LogP contribution in [-0.2, 0) is 9.84 Å². The Morgan fingerprint density at radius 2 is 1.75 bits per heavy atom. The second-order valence-electron chi connectivity index (χ2n) is 3.88. The Bertz CT molecular complexity index is 660. The summed E-state index contributed by atoms with van der Waals surface area (Å²) in [6, 6.07) is 9.43. The smallest absolute Gasteiger partial charge is 0.175 e. The summed E-state index contributed by atoms with van der Waals surface area (Å²) < 4.78 is 24.1. The summed E-state index contributed by atoms with van der Waals surface area (Å²) in [5, 5.41) is 1.98. The van der Waals surface area contributed by atoms with Crippen molar-refractivity contribution in [3.8, 4) is 0 Å². The van der Waals surface area contributed by atoms with Crippen LogP contribution >= 0.6 is 15.9 Å². The third-order valence-corrected chi connectivity index (χ3v) is 4.23. The summed E-state index contributed by atoms with van der Waals surface area (Å²) in [4.78, 5) is 0.405. The van der Waals surface area contributed by atoms with E-state index < -0.39 is 9.84 Å². The predicted molar refractivity (Wildman–Crippen MR) is 69.5 cm³/mol. The van der Waals surface area contributed by atoms with E-state index in [-0.39, 0.29) is 0 Å². The third-order valence-electron chi connectivity index (χ3n) is 2.50. The standard InChI is InChI=1S/C12H11BrO2S/c1-8-5-10-6-11(13)4-3-9(10)7-12(8)16(2,14)15/h3-7H,1-2H3. The fourth-order valence-corrected chi connectivity index (χ4v) is 3.12. The molecule has 0 saturated carbocycles. The zero-order valence-corrected chi connectivity index (χ0v) is 11.4. The van der Waals surface area contributed by atoms with Gasteiger partial charge in [-0.05, 0) is 41.5 Å². The zero-order valence-electron chi connectivity index (χ0n) is 8.99. The van der Waals surface area contributed by atoms with Gasteiger partial charge in [0.25, 0.3) is 0 Å². The Kier molecular flexibility index (Phi) is 2.80. The molecule has 4 heteroatoms. The maximum absolute atomic E-state index is 11.6. The molecule has 2 aromatic carbocycles. The van der Waals surface area contributed by atoms with Crippen molar-refractivity contribution in [2.45, 2.75) is 11.8 Å². The normalized spacial score (nSPS) is 11.9. The van der Waals surface area contributed by atoms with E-state index in [4.69, 9.17) is 0 Å². The van der Waals surface area contributed by atoms with Gasteiger partial charge in [0.1, 0.15) is 0 Å². The summed E-state index contributed by atoms with van der Waals surface area (Å²) in [5.41, 5.74) is 0.785. The predicted octanol–water partition coefficient (Wildman–Crippen LogP) is 3.31. The topological polar surface area (TPSA) is 34.1 Å². The lowest BCUT2D eigenvalue weighted by atomic mass is 10.1. The largest absolute Gasteiger partial charge is 0.224 e. The first-order valence-electron chi connectivity index (χ1n) is 4.78. The van der Waals surface area contributed by atoms with Gasteiger partial charge >= 0.3 is 0 Å². The number of benzene rings is 2. The first-order chi connectivity index (χ1) is 7.38. The van der Waals surface area contributed by atoms with Crippen LogP contribution in [0.15, 0.2) is 39.7 Å². The van der Waals surface area contributed by atoms with Crippen molar-refractivity contribution < 1.29 is 8.42 Å². The molecule has 2 aromatic rings. The van der Waals surface area contributed by atoms with Gasteiger partial charge in [-0.3, -0.25) is 0 Å². The second kappa shape index (κ2) is 3.86. The van der Waals surface area contributed by atoms with Crippen LogP contribution in [0.25, 0.3) is 10.8 Å². The molecule has 0 aliphatic carbocycles. The molecule has 0 heterocycles. The molecule has 0 fully saturated rings. The van der Waals surface area contributed by atoms with Crippen LogP contribution < -0.4 is 0 Å². The van der Waals surface area contributed by atoms with Crippen LogP contribution in [0.3, 0.4) is 0 Å². The molecule has 0 aromatic heterocycles. The molecule has 0 bridgehead atoms. The van der Waals surface area contributed by atoms with E-state index >= 15 is 0 Å². The van der Waals surface area contributed by atoms with Crippen LogP contribution in [0.5, 0.6) is 0 Å². The lowest BCUT2D eigenvalue weighted by molar-refractivity contribution is 0.601. The minimum atomic E-state index is -3.15. The maximum Gasteiger partial charge on any atom is 0.175 e.